The minimum atomic E-state index is -0.212. The molecular formula is C16H15Cl2NO3. The molecule has 0 aromatic heterocycles. The molecule has 0 fully saturated rings. The van der Waals surface area contributed by atoms with Gasteiger partial charge in [-0.2, -0.15) is 0 Å². The van der Waals surface area contributed by atoms with E-state index in [4.69, 9.17) is 32.7 Å². The average Bonchev–Trinajstić information content (AvgIpc) is 2.50. The van der Waals surface area contributed by atoms with E-state index in [1.165, 1.54) is 7.11 Å². The molecule has 0 aliphatic heterocycles. The molecule has 0 radical (unpaired) electrons. The Morgan fingerprint density at radius 3 is 2.50 bits per heavy atom. The fourth-order valence-corrected chi connectivity index (χ4v) is 2.42. The molecular weight excluding hydrogens is 325 g/mol. The van der Waals surface area contributed by atoms with Crippen LogP contribution in [0, 0.1) is 0 Å². The number of anilines is 1. The Labute approximate surface area is 138 Å². The van der Waals surface area contributed by atoms with Crippen molar-refractivity contribution in [1.29, 1.82) is 0 Å². The molecule has 2 aromatic carbocycles. The smallest absolute Gasteiger partial charge is 0.228 e. The Balaban J connectivity index is 2.14. The molecule has 4 nitrogen and oxygen atoms in total. The lowest BCUT2D eigenvalue weighted by Gasteiger charge is -2.12. The van der Waals surface area contributed by atoms with E-state index in [9.17, 15) is 4.79 Å². The molecule has 2 rings (SSSR count). The van der Waals surface area contributed by atoms with E-state index in [0.717, 1.165) is 0 Å². The van der Waals surface area contributed by atoms with Crippen molar-refractivity contribution in [2.24, 2.45) is 0 Å². The van der Waals surface area contributed by atoms with E-state index < -0.39 is 0 Å². The molecule has 0 bridgehead atoms. The Bertz CT molecular complexity index is 689. The highest BCUT2D eigenvalue weighted by Crippen LogP contribution is 2.29. The largest absolute Gasteiger partial charge is 0.497 e. The third kappa shape index (κ3) is 4.06. The fraction of sp³-hybridized carbons (Fsp3) is 0.188. The zero-order chi connectivity index (χ0) is 16.1. The van der Waals surface area contributed by atoms with Crippen LogP contribution in [0.15, 0.2) is 36.4 Å². The van der Waals surface area contributed by atoms with Gasteiger partial charge in [0, 0.05) is 16.1 Å². The van der Waals surface area contributed by atoms with Gasteiger partial charge in [0.25, 0.3) is 0 Å². The van der Waals surface area contributed by atoms with Crippen molar-refractivity contribution in [2.75, 3.05) is 19.5 Å². The Morgan fingerprint density at radius 2 is 1.86 bits per heavy atom. The fourth-order valence-electron chi connectivity index (χ4n) is 1.94. The minimum Gasteiger partial charge on any atom is -0.497 e. The van der Waals surface area contributed by atoms with Crippen molar-refractivity contribution >= 4 is 34.8 Å². The van der Waals surface area contributed by atoms with Crippen molar-refractivity contribution in [2.45, 2.75) is 6.42 Å². The third-order valence-electron chi connectivity index (χ3n) is 3.05. The van der Waals surface area contributed by atoms with Gasteiger partial charge in [-0.15, -0.1) is 0 Å². The molecule has 0 atom stereocenters. The third-order valence-corrected chi connectivity index (χ3v) is 3.63. The molecule has 6 heteroatoms. The van der Waals surface area contributed by atoms with Crippen molar-refractivity contribution in [3.8, 4) is 11.5 Å². The highest BCUT2D eigenvalue weighted by molar-refractivity contribution is 6.35. The summed E-state index contributed by atoms with van der Waals surface area (Å²) in [6.45, 7) is 0. The number of rotatable bonds is 5. The number of halogens is 2. The second-order valence-electron chi connectivity index (χ2n) is 4.53. The molecule has 1 N–H and O–H groups in total. The number of ether oxygens (including phenoxy) is 2. The summed E-state index contributed by atoms with van der Waals surface area (Å²) in [6, 6.07) is 10.2. The molecule has 0 saturated carbocycles. The second kappa shape index (κ2) is 7.38. The SMILES string of the molecule is COc1ccc(OC)c(NC(=O)Cc2ccc(Cl)cc2Cl)c1. The van der Waals surface area contributed by atoms with Gasteiger partial charge in [-0.05, 0) is 29.8 Å². The Morgan fingerprint density at radius 1 is 1.09 bits per heavy atom. The van der Waals surface area contributed by atoms with Crippen LogP contribution >= 0.6 is 23.2 Å². The highest BCUT2D eigenvalue weighted by atomic mass is 35.5. The number of hydrogen-bond donors (Lipinski definition) is 1. The molecule has 0 saturated heterocycles. The summed E-state index contributed by atoms with van der Waals surface area (Å²) in [7, 11) is 3.09. The average molecular weight is 340 g/mol. The first-order chi connectivity index (χ1) is 10.5. The number of nitrogens with one attached hydrogen (secondary N) is 1. The number of hydrogen-bond acceptors (Lipinski definition) is 3. The summed E-state index contributed by atoms with van der Waals surface area (Å²) in [5.74, 6) is 0.966. The zero-order valence-corrected chi connectivity index (χ0v) is 13.7. The van der Waals surface area contributed by atoms with Crippen LogP contribution in [0.2, 0.25) is 10.0 Å². The second-order valence-corrected chi connectivity index (χ2v) is 5.37. The van der Waals surface area contributed by atoms with E-state index in [1.807, 2.05) is 0 Å². The summed E-state index contributed by atoms with van der Waals surface area (Å²) in [4.78, 5) is 12.2. The van der Waals surface area contributed by atoms with Crippen LogP contribution in [0.1, 0.15) is 5.56 Å². The van der Waals surface area contributed by atoms with E-state index in [-0.39, 0.29) is 12.3 Å². The van der Waals surface area contributed by atoms with Crippen LogP contribution in [0.5, 0.6) is 11.5 Å². The summed E-state index contributed by atoms with van der Waals surface area (Å²) < 4.78 is 10.4. The molecule has 0 aliphatic rings. The first-order valence-corrected chi connectivity index (χ1v) is 7.25. The van der Waals surface area contributed by atoms with Gasteiger partial charge in [-0.3, -0.25) is 4.79 Å². The Kier molecular flexibility index (Phi) is 5.52. The van der Waals surface area contributed by atoms with Gasteiger partial charge in [-0.25, -0.2) is 0 Å². The summed E-state index contributed by atoms with van der Waals surface area (Å²) in [5, 5.41) is 3.78. The van der Waals surface area contributed by atoms with E-state index in [2.05, 4.69) is 5.32 Å². The number of carbonyl (C=O) groups excluding carboxylic acids is 1. The maximum absolute atomic E-state index is 12.2. The lowest BCUT2D eigenvalue weighted by atomic mass is 10.1. The molecule has 1 amide bonds. The molecule has 116 valence electrons. The maximum Gasteiger partial charge on any atom is 0.228 e. The van der Waals surface area contributed by atoms with Gasteiger partial charge in [-0.1, -0.05) is 29.3 Å². The van der Waals surface area contributed by atoms with Gasteiger partial charge in [0.05, 0.1) is 26.3 Å². The summed E-state index contributed by atoms with van der Waals surface area (Å²) >= 11 is 11.9. The molecule has 0 aliphatic carbocycles. The first-order valence-electron chi connectivity index (χ1n) is 6.49. The van der Waals surface area contributed by atoms with Crippen molar-refractivity contribution in [3.63, 3.8) is 0 Å². The standard InChI is InChI=1S/C16H15Cl2NO3/c1-21-12-5-6-15(22-2)14(9-12)19-16(20)7-10-3-4-11(17)8-13(10)18/h3-6,8-9H,7H2,1-2H3,(H,19,20). The summed E-state index contributed by atoms with van der Waals surface area (Å²) in [5.41, 5.74) is 1.24. The molecule has 0 spiro atoms. The van der Waals surface area contributed by atoms with Gasteiger partial charge in [0.15, 0.2) is 0 Å². The lowest BCUT2D eigenvalue weighted by Crippen LogP contribution is -2.15. The van der Waals surface area contributed by atoms with Gasteiger partial charge >= 0.3 is 0 Å². The van der Waals surface area contributed by atoms with Gasteiger partial charge in [0.1, 0.15) is 11.5 Å². The molecule has 0 heterocycles. The molecule has 22 heavy (non-hydrogen) atoms. The maximum atomic E-state index is 12.2. The van der Waals surface area contributed by atoms with Crippen LogP contribution in [-0.2, 0) is 11.2 Å². The predicted octanol–water partition coefficient (Wildman–Crippen LogP) is 4.19. The topological polar surface area (TPSA) is 47.6 Å². The van der Waals surface area contributed by atoms with Crippen LogP contribution in [0.3, 0.4) is 0 Å². The lowest BCUT2D eigenvalue weighted by molar-refractivity contribution is -0.115. The van der Waals surface area contributed by atoms with E-state index in [0.29, 0.717) is 32.8 Å². The van der Waals surface area contributed by atoms with Crippen molar-refractivity contribution in [3.05, 3.63) is 52.0 Å². The van der Waals surface area contributed by atoms with Gasteiger partial charge in [0.2, 0.25) is 5.91 Å². The number of methoxy groups -OCH3 is 2. The molecule has 0 unspecified atom stereocenters. The van der Waals surface area contributed by atoms with Gasteiger partial charge < -0.3 is 14.8 Å². The quantitative estimate of drug-likeness (QED) is 0.888. The van der Waals surface area contributed by atoms with Crippen LogP contribution in [0.25, 0.3) is 0 Å². The minimum absolute atomic E-state index is 0.135. The van der Waals surface area contributed by atoms with Crippen molar-refractivity contribution in [1.82, 2.24) is 0 Å². The van der Waals surface area contributed by atoms with Crippen LogP contribution in [-0.4, -0.2) is 20.1 Å². The number of carbonyl (C=O) groups is 1. The summed E-state index contributed by atoms with van der Waals surface area (Å²) in [6.07, 6.45) is 0.135. The predicted molar refractivity (Wildman–Crippen MR) is 88.3 cm³/mol. The number of amides is 1. The van der Waals surface area contributed by atoms with Crippen molar-refractivity contribution < 1.29 is 14.3 Å². The highest BCUT2D eigenvalue weighted by Gasteiger charge is 2.11. The van der Waals surface area contributed by atoms with E-state index in [1.54, 1.807) is 43.5 Å². The normalized spacial score (nSPS) is 10.2. The Hall–Kier alpha value is -1.91. The monoisotopic (exact) mass is 339 g/mol. The van der Waals surface area contributed by atoms with Crippen LogP contribution < -0.4 is 14.8 Å². The van der Waals surface area contributed by atoms with Crippen LogP contribution in [0.4, 0.5) is 5.69 Å². The first kappa shape index (κ1) is 16.5. The zero-order valence-electron chi connectivity index (χ0n) is 12.2. The number of benzene rings is 2. The molecule has 2 aromatic rings. The van der Waals surface area contributed by atoms with E-state index >= 15 is 0 Å².